The van der Waals surface area contributed by atoms with Gasteiger partial charge in [0.15, 0.2) is 0 Å². The molecule has 8 heteroatoms. The van der Waals surface area contributed by atoms with E-state index in [-0.39, 0.29) is 11.6 Å². The van der Waals surface area contributed by atoms with Crippen LogP contribution in [-0.2, 0) is 9.16 Å². The molecule has 37 heavy (non-hydrogen) atoms. The molecule has 2 heterocycles. The number of benzene rings is 3. The van der Waals surface area contributed by atoms with Crippen LogP contribution >= 0.6 is 34.8 Å². The molecule has 1 fully saturated rings. The van der Waals surface area contributed by atoms with E-state index in [0.717, 1.165) is 10.9 Å². The van der Waals surface area contributed by atoms with Crippen LogP contribution < -0.4 is 10.4 Å². The minimum Gasteiger partial charge on any atom is -0.405 e. The van der Waals surface area contributed by atoms with Crippen LogP contribution in [0.4, 0.5) is 0 Å². The number of hydrogen-bond acceptors (Lipinski definition) is 3. The standard InChI is InChI=1S/C29H30Cl3NO3Si/c1-29(2,3)37(20-10-6-4-7-11-20,21-12-8-5-9-13-21)35-18-26-25(34)17-28(36-26)33-24-16-23(31)22(30)14-19(24)15-27(33)32/h4-16,25-26,28,34H,17-18H2,1-3H3/t25-,26+,28+/m0/s1. The highest BCUT2D eigenvalue weighted by molar-refractivity contribution is 6.99. The summed E-state index contributed by atoms with van der Waals surface area (Å²) in [5, 5.41) is 15.5. The number of aliphatic hydroxyl groups excluding tert-OH is 1. The molecule has 1 aliphatic heterocycles. The van der Waals surface area contributed by atoms with Gasteiger partial charge in [0.2, 0.25) is 0 Å². The summed E-state index contributed by atoms with van der Waals surface area (Å²) in [6, 6.07) is 26.3. The van der Waals surface area contributed by atoms with Crippen molar-refractivity contribution in [3.63, 3.8) is 0 Å². The van der Waals surface area contributed by atoms with Crippen molar-refractivity contribution in [2.45, 2.75) is 50.7 Å². The van der Waals surface area contributed by atoms with E-state index < -0.39 is 26.8 Å². The van der Waals surface area contributed by atoms with E-state index in [1.54, 1.807) is 12.1 Å². The first-order chi connectivity index (χ1) is 17.6. The quantitative estimate of drug-likeness (QED) is 0.257. The van der Waals surface area contributed by atoms with Gasteiger partial charge in [-0.15, -0.1) is 0 Å². The van der Waals surface area contributed by atoms with Gasteiger partial charge in [-0.1, -0.05) is 116 Å². The largest absolute Gasteiger partial charge is 0.405 e. The average molecular weight is 575 g/mol. The van der Waals surface area contributed by atoms with Crippen LogP contribution in [-0.4, -0.2) is 36.8 Å². The molecule has 1 aliphatic rings. The lowest BCUT2D eigenvalue weighted by Gasteiger charge is -2.43. The molecule has 4 nitrogen and oxygen atoms in total. The van der Waals surface area contributed by atoms with Crippen LogP contribution in [0.5, 0.6) is 0 Å². The Morgan fingerprint density at radius 3 is 2.05 bits per heavy atom. The zero-order chi connectivity index (χ0) is 26.4. The molecule has 0 aliphatic carbocycles. The second-order valence-corrected chi connectivity index (χ2v) is 16.1. The summed E-state index contributed by atoms with van der Waals surface area (Å²) in [6.07, 6.45) is -1.29. The molecular formula is C29H30Cl3NO3Si. The van der Waals surface area contributed by atoms with Gasteiger partial charge >= 0.3 is 0 Å². The summed E-state index contributed by atoms with van der Waals surface area (Å²) in [6.45, 7) is 6.95. The maximum Gasteiger partial charge on any atom is 0.261 e. The van der Waals surface area contributed by atoms with Crippen molar-refractivity contribution >= 4 is 64.4 Å². The van der Waals surface area contributed by atoms with Crippen molar-refractivity contribution in [1.82, 2.24) is 4.57 Å². The number of rotatable bonds is 6. The number of fused-ring (bicyclic) bond motifs is 1. The lowest BCUT2D eigenvalue weighted by Crippen LogP contribution is -2.67. The third-order valence-corrected chi connectivity index (χ3v) is 13.2. The van der Waals surface area contributed by atoms with E-state index in [0.29, 0.717) is 21.6 Å². The van der Waals surface area contributed by atoms with Crippen LogP contribution in [0.2, 0.25) is 20.2 Å². The summed E-state index contributed by atoms with van der Waals surface area (Å²) in [7, 11) is -2.76. The van der Waals surface area contributed by atoms with Crippen LogP contribution in [0.15, 0.2) is 78.9 Å². The van der Waals surface area contributed by atoms with Gasteiger partial charge in [-0.2, -0.15) is 0 Å². The molecule has 1 saturated heterocycles. The van der Waals surface area contributed by atoms with Crippen LogP contribution in [0, 0.1) is 0 Å². The van der Waals surface area contributed by atoms with Crippen LogP contribution in [0.25, 0.3) is 10.9 Å². The highest BCUT2D eigenvalue weighted by atomic mass is 35.5. The van der Waals surface area contributed by atoms with Crippen molar-refractivity contribution < 1.29 is 14.3 Å². The fourth-order valence-electron chi connectivity index (χ4n) is 5.47. The van der Waals surface area contributed by atoms with Gasteiger partial charge in [-0.3, -0.25) is 0 Å². The third-order valence-electron chi connectivity index (χ3n) is 7.21. The van der Waals surface area contributed by atoms with E-state index >= 15 is 0 Å². The minimum atomic E-state index is -2.76. The third kappa shape index (κ3) is 4.87. The van der Waals surface area contributed by atoms with Crippen molar-refractivity contribution in [2.75, 3.05) is 6.61 Å². The van der Waals surface area contributed by atoms with Crippen LogP contribution in [0.1, 0.15) is 33.4 Å². The molecule has 1 aromatic heterocycles. The smallest absolute Gasteiger partial charge is 0.261 e. The van der Waals surface area contributed by atoms with Crippen molar-refractivity contribution in [1.29, 1.82) is 0 Å². The van der Waals surface area contributed by atoms with E-state index in [1.807, 2.05) is 22.8 Å². The zero-order valence-corrected chi connectivity index (χ0v) is 24.3. The number of aliphatic hydroxyl groups is 1. The van der Waals surface area contributed by atoms with Crippen LogP contribution in [0.3, 0.4) is 0 Å². The van der Waals surface area contributed by atoms with E-state index in [2.05, 4.69) is 69.3 Å². The SMILES string of the molecule is CC(C)(C)[Si](OC[C@H]1O[C@@H](n2c(Cl)cc3cc(Cl)c(Cl)cc32)C[C@@H]1O)(c1ccccc1)c1ccccc1. The molecular weight excluding hydrogens is 545 g/mol. The molecule has 3 atom stereocenters. The Morgan fingerprint density at radius 1 is 0.919 bits per heavy atom. The van der Waals surface area contributed by atoms with E-state index in [4.69, 9.17) is 44.0 Å². The van der Waals surface area contributed by atoms with Crippen molar-refractivity contribution in [3.05, 3.63) is 94.1 Å². The van der Waals surface area contributed by atoms with Crippen molar-refractivity contribution in [3.8, 4) is 0 Å². The van der Waals surface area contributed by atoms with Gasteiger partial charge in [0, 0.05) is 11.8 Å². The van der Waals surface area contributed by atoms with Gasteiger partial charge < -0.3 is 18.8 Å². The second-order valence-electron chi connectivity index (χ2n) is 10.6. The first kappa shape index (κ1) is 26.8. The fraction of sp³-hybridized carbons (Fsp3) is 0.310. The molecule has 0 bridgehead atoms. The predicted octanol–water partition coefficient (Wildman–Crippen LogP) is 6.83. The zero-order valence-electron chi connectivity index (χ0n) is 21.0. The Labute approximate surface area is 233 Å². The van der Waals surface area contributed by atoms with Gasteiger partial charge in [0.05, 0.1) is 28.3 Å². The van der Waals surface area contributed by atoms with Gasteiger partial charge in [0.25, 0.3) is 8.32 Å². The maximum absolute atomic E-state index is 11.1. The lowest BCUT2D eigenvalue weighted by molar-refractivity contribution is -0.0394. The van der Waals surface area contributed by atoms with E-state index in [1.165, 1.54) is 10.4 Å². The number of hydrogen-bond donors (Lipinski definition) is 1. The molecule has 0 unspecified atom stereocenters. The monoisotopic (exact) mass is 573 g/mol. The number of halogens is 3. The Bertz CT molecular complexity index is 1350. The molecule has 1 N–H and O–H groups in total. The fourth-order valence-corrected chi connectivity index (χ4v) is 10.7. The molecule has 3 aromatic carbocycles. The first-order valence-corrected chi connectivity index (χ1v) is 15.4. The second kappa shape index (κ2) is 10.4. The minimum absolute atomic E-state index is 0.172. The number of aromatic nitrogens is 1. The Balaban J connectivity index is 1.47. The predicted molar refractivity (Wildman–Crippen MR) is 155 cm³/mol. The van der Waals surface area contributed by atoms with Gasteiger partial charge in [0.1, 0.15) is 17.5 Å². The molecule has 5 rings (SSSR count). The summed E-state index contributed by atoms with van der Waals surface area (Å²) in [5.41, 5.74) is 0.810. The maximum atomic E-state index is 11.1. The summed E-state index contributed by atoms with van der Waals surface area (Å²) < 4.78 is 15.3. The highest BCUT2D eigenvalue weighted by Crippen LogP contribution is 2.40. The summed E-state index contributed by atoms with van der Waals surface area (Å²) in [4.78, 5) is 0. The molecule has 0 radical (unpaired) electrons. The number of ether oxygens (including phenoxy) is 1. The average Bonchev–Trinajstić information content (AvgIpc) is 3.38. The number of nitrogens with zero attached hydrogens (tertiary/aromatic N) is 1. The molecule has 0 spiro atoms. The van der Waals surface area contributed by atoms with E-state index in [9.17, 15) is 5.11 Å². The summed E-state index contributed by atoms with van der Waals surface area (Å²) >= 11 is 19.1. The first-order valence-electron chi connectivity index (χ1n) is 12.4. The Kier molecular flexibility index (Phi) is 7.51. The van der Waals surface area contributed by atoms with Gasteiger partial charge in [-0.25, -0.2) is 0 Å². The highest BCUT2D eigenvalue weighted by Gasteiger charge is 2.51. The normalized spacial score (nSPS) is 20.6. The Morgan fingerprint density at radius 2 is 1.49 bits per heavy atom. The van der Waals surface area contributed by atoms with Crippen molar-refractivity contribution in [2.24, 2.45) is 0 Å². The molecule has 0 amide bonds. The summed E-state index contributed by atoms with van der Waals surface area (Å²) in [5.74, 6) is 0. The van der Waals surface area contributed by atoms with Gasteiger partial charge in [-0.05, 0) is 33.6 Å². The molecule has 194 valence electrons. The molecule has 4 aromatic rings. The Hall–Kier alpha value is -1.83. The lowest BCUT2D eigenvalue weighted by atomic mass is 10.2. The molecule has 0 saturated carbocycles. The topological polar surface area (TPSA) is 43.6 Å².